The highest BCUT2D eigenvalue weighted by atomic mass is 32.2. The number of imidazole rings is 1. The van der Waals surface area contributed by atoms with E-state index in [1.807, 2.05) is 24.3 Å². The third-order valence-corrected chi connectivity index (χ3v) is 4.07. The average molecular weight is 280 g/mol. The number of aromatic nitrogens is 2. The fraction of sp³-hybridized carbons (Fsp3) is 0.250. The summed E-state index contributed by atoms with van der Waals surface area (Å²) in [7, 11) is -3.57. The average Bonchev–Trinajstić information content (AvgIpc) is 2.84. The van der Waals surface area contributed by atoms with Gasteiger partial charge in [0.25, 0.3) is 10.0 Å². The van der Waals surface area contributed by atoms with Crippen molar-refractivity contribution in [1.29, 1.82) is 0 Å². The lowest BCUT2D eigenvalue weighted by molar-refractivity contribution is 0.577. The Morgan fingerprint density at radius 2 is 2.00 bits per heavy atom. The van der Waals surface area contributed by atoms with Crippen LogP contribution in [-0.4, -0.2) is 18.4 Å². The maximum Gasteiger partial charge on any atom is 0.257 e. The molecule has 7 heteroatoms. The van der Waals surface area contributed by atoms with Gasteiger partial charge in [0.05, 0.1) is 6.20 Å². The largest absolute Gasteiger partial charge is 0.332 e. The highest BCUT2D eigenvalue weighted by Crippen LogP contribution is 2.10. The van der Waals surface area contributed by atoms with E-state index in [1.165, 1.54) is 6.20 Å². The maximum absolute atomic E-state index is 12.0. The number of nitrogens with two attached hydrogens (primary N) is 1. The highest BCUT2D eigenvalue weighted by Gasteiger charge is 2.16. The van der Waals surface area contributed by atoms with Crippen molar-refractivity contribution in [3.63, 3.8) is 0 Å². The molecule has 0 saturated heterocycles. The summed E-state index contributed by atoms with van der Waals surface area (Å²) in [6.45, 7) is 2.28. The molecule has 0 amide bonds. The summed E-state index contributed by atoms with van der Waals surface area (Å²) in [5.41, 5.74) is 7.40. The van der Waals surface area contributed by atoms with Crippen LogP contribution in [0.15, 0.2) is 35.5 Å². The van der Waals surface area contributed by atoms with E-state index in [4.69, 9.17) is 5.73 Å². The van der Waals surface area contributed by atoms with Gasteiger partial charge in [-0.25, -0.2) is 18.1 Å². The number of rotatable bonds is 5. The molecule has 0 atom stereocenters. The third kappa shape index (κ3) is 3.19. The van der Waals surface area contributed by atoms with Gasteiger partial charge in [0.1, 0.15) is 5.82 Å². The van der Waals surface area contributed by atoms with E-state index in [-0.39, 0.29) is 11.6 Å². The van der Waals surface area contributed by atoms with Crippen LogP contribution in [-0.2, 0) is 23.1 Å². The second kappa shape index (κ2) is 5.52. The molecule has 0 saturated carbocycles. The topological polar surface area (TPSA) is 101 Å². The lowest BCUT2D eigenvalue weighted by Crippen LogP contribution is -2.24. The zero-order valence-corrected chi connectivity index (χ0v) is 11.4. The molecule has 4 N–H and O–H groups in total. The van der Waals surface area contributed by atoms with Gasteiger partial charge in [-0.15, -0.1) is 0 Å². The first-order valence-electron chi connectivity index (χ1n) is 5.81. The molecule has 0 aliphatic rings. The standard InChI is InChI=1S/C12H16N4O2S/c1-9-14-8-12(16-9)19(17,18)15-7-11-5-3-2-4-10(11)6-13/h2-5,8,15H,6-7,13H2,1H3,(H,14,16). The summed E-state index contributed by atoms with van der Waals surface area (Å²) in [6.07, 6.45) is 1.30. The van der Waals surface area contributed by atoms with E-state index in [9.17, 15) is 8.42 Å². The summed E-state index contributed by atoms with van der Waals surface area (Å²) in [4.78, 5) is 6.57. The predicted octanol–water partition coefficient (Wildman–Crippen LogP) is 0.655. The van der Waals surface area contributed by atoms with Gasteiger partial charge in [-0.2, -0.15) is 0 Å². The molecule has 0 spiro atoms. The molecule has 19 heavy (non-hydrogen) atoms. The zero-order valence-electron chi connectivity index (χ0n) is 10.6. The van der Waals surface area contributed by atoms with Crippen LogP contribution in [0.2, 0.25) is 0 Å². The van der Waals surface area contributed by atoms with E-state index < -0.39 is 10.0 Å². The highest BCUT2D eigenvalue weighted by molar-refractivity contribution is 7.89. The minimum Gasteiger partial charge on any atom is -0.332 e. The molecule has 1 aromatic carbocycles. The molecule has 0 aliphatic carbocycles. The molecule has 0 fully saturated rings. The summed E-state index contributed by atoms with van der Waals surface area (Å²) in [5, 5.41) is 0.0650. The molecule has 102 valence electrons. The summed E-state index contributed by atoms with van der Waals surface area (Å²) >= 11 is 0. The van der Waals surface area contributed by atoms with E-state index in [0.29, 0.717) is 12.4 Å². The minimum atomic E-state index is -3.57. The Labute approximate surface area is 112 Å². The SMILES string of the molecule is Cc1ncc(S(=O)(=O)NCc2ccccc2CN)[nH]1. The quantitative estimate of drug-likeness (QED) is 0.748. The van der Waals surface area contributed by atoms with Crippen LogP contribution in [0.3, 0.4) is 0 Å². The molecule has 6 nitrogen and oxygen atoms in total. The summed E-state index contributed by atoms with van der Waals surface area (Å²) in [6, 6.07) is 7.45. The van der Waals surface area contributed by atoms with E-state index in [0.717, 1.165) is 11.1 Å². The molecular formula is C12H16N4O2S. The first kappa shape index (κ1) is 13.7. The van der Waals surface area contributed by atoms with Gasteiger partial charge in [-0.1, -0.05) is 24.3 Å². The fourth-order valence-corrected chi connectivity index (χ4v) is 2.69. The molecule has 0 aliphatic heterocycles. The van der Waals surface area contributed by atoms with E-state index in [1.54, 1.807) is 6.92 Å². The number of hydrogen-bond donors (Lipinski definition) is 3. The van der Waals surface area contributed by atoms with Crippen molar-refractivity contribution >= 4 is 10.0 Å². The van der Waals surface area contributed by atoms with Gasteiger partial charge in [-0.3, -0.25) is 0 Å². The van der Waals surface area contributed by atoms with Gasteiger partial charge < -0.3 is 10.7 Å². The van der Waals surface area contributed by atoms with Gasteiger partial charge >= 0.3 is 0 Å². The van der Waals surface area contributed by atoms with Crippen molar-refractivity contribution in [2.24, 2.45) is 5.73 Å². The molecule has 2 rings (SSSR count). The van der Waals surface area contributed by atoms with Gasteiger partial charge in [0.15, 0.2) is 5.03 Å². The Hall–Kier alpha value is -1.70. The fourth-order valence-electron chi connectivity index (χ4n) is 1.71. The monoisotopic (exact) mass is 280 g/mol. The third-order valence-electron chi connectivity index (χ3n) is 2.76. The van der Waals surface area contributed by atoms with Crippen molar-refractivity contribution in [3.05, 3.63) is 47.4 Å². The Kier molecular flexibility index (Phi) is 3.98. The maximum atomic E-state index is 12.0. The molecule has 0 unspecified atom stereocenters. The van der Waals surface area contributed by atoms with Crippen LogP contribution in [0.25, 0.3) is 0 Å². The van der Waals surface area contributed by atoms with E-state index >= 15 is 0 Å². The lowest BCUT2D eigenvalue weighted by Gasteiger charge is -2.08. The molecular weight excluding hydrogens is 264 g/mol. The number of hydrogen-bond acceptors (Lipinski definition) is 4. The van der Waals surface area contributed by atoms with Crippen LogP contribution >= 0.6 is 0 Å². The second-order valence-corrected chi connectivity index (χ2v) is 5.87. The Morgan fingerprint density at radius 1 is 1.32 bits per heavy atom. The molecule has 2 aromatic rings. The number of nitrogens with zero attached hydrogens (tertiary/aromatic N) is 1. The van der Waals surface area contributed by atoms with Crippen molar-refractivity contribution in [1.82, 2.24) is 14.7 Å². The Morgan fingerprint density at radius 3 is 2.58 bits per heavy atom. The smallest absolute Gasteiger partial charge is 0.257 e. The lowest BCUT2D eigenvalue weighted by atomic mass is 10.1. The van der Waals surface area contributed by atoms with Crippen molar-refractivity contribution in [2.75, 3.05) is 0 Å². The molecule has 0 bridgehead atoms. The van der Waals surface area contributed by atoms with Crippen LogP contribution in [0, 0.1) is 6.92 Å². The first-order chi connectivity index (χ1) is 9.03. The van der Waals surface area contributed by atoms with Crippen LogP contribution in [0.4, 0.5) is 0 Å². The minimum absolute atomic E-state index is 0.0650. The number of nitrogens with one attached hydrogen (secondary N) is 2. The number of aromatic amines is 1. The predicted molar refractivity (Wildman–Crippen MR) is 71.7 cm³/mol. The van der Waals surface area contributed by atoms with Gasteiger partial charge in [-0.05, 0) is 18.1 Å². The number of benzene rings is 1. The van der Waals surface area contributed by atoms with Crippen LogP contribution < -0.4 is 10.5 Å². The van der Waals surface area contributed by atoms with Crippen molar-refractivity contribution in [3.8, 4) is 0 Å². The zero-order chi connectivity index (χ0) is 13.9. The van der Waals surface area contributed by atoms with Crippen LogP contribution in [0.5, 0.6) is 0 Å². The second-order valence-electron chi connectivity index (χ2n) is 4.13. The first-order valence-corrected chi connectivity index (χ1v) is 7.29. The Bertz CT molecular complexity index is 664. The number of H-pyrrole nitrogens is 1. The summed E-state index contributed by atoms with van der Waals surface area (Å²) in [5.74, 6) is 0.558. The van der Waals surface area contributed by atoms with Gasteiger partial charge in [0, 0.05) is 13.1 Å². The molecule has 0 radical (unpaired) electrons. The molecule has 1 aromatic heterocycles. The van der Waals surface area contributed by atoms with Crippen LogP contribution in [0.1, 0.15) is 17.0 Å². The number of aryl methyl sites for hydroxylation is 1. The molecule has 1 heterocycles. The van der Waals surface area contributed by atoms with Crippen molar-refractivity contribution in [2.45, 2.75) is 25.0 Å². The Balaban J connectivity index is 2.14. The summed E-state index contributed by atoms with van der Waals surface area (Å²) < 4.78 is 26.5. The number of sulfonamides is 1. The van der Waals surface area contributed by atoms with Gasteiger partial charge in [0.2, 0.25) is 0 Å². The van der Waals surface area contributed by atoms with E-state index in [2.05, 4.69) is 14.7 Å². The van der Waals surface area contributed by atoms with Crippen molar-refractivity contribution < 1.29 is 8.42 Å². The normalized spacial score (nSPS) is 11.7.